The van der Waals surface area contributed by atoms with E-state index in [-0.39, 0.29) is 6.09 Å². The van der Waals surface area contributed by atoms with Crippen molar-refractivity contribution in [2.24, 2.45) is 5.92 Å². The number of carbonyl (C=O) groups excluding carboxylic acids is 1. The molecule has 1 aliphatic rings. The predicted octanol–water partition coefficient (Wildman–Crippen LogP) is 3.96. The van der Waals surface area contributed by atoms with Gasteiger partial charge in [0.25, 0.3) is 0 Å². The molecule has 1 aromatic heterocycles. The zero-order valence-electron chi connectivity index (χ0n) is 14.3. The van der Waals surface area contributed by atoms with E-state index in [1.165, 1.54) is 9.75 Å². The van der Waals surface area contributed by atoms with Gasteiger partial charge in [-0.2, -0.15) is 0 Å². The van der Waals surface area contributed by atoms with E-state index in [0.29, 0.717) is 12.0 Å². The zero-order chi connectivity index (χ0) is 16.3. The minimum absolute atomic E-state index is 0.187. The van der Waals surface area contributed by atoms with Gasteiger partial charge in [-0.25, -0.2) is 4.79 Å². The van der Waals surface area contributed by atoms with Gasteiger partial charge < -0.3 is 15.0 Å². The lowest BCUT2D eigenvalue weighted by molar-refractivity contribution is 0.0285. The Morgan fingerprint density at radius 3 is 2.77 bits per heavy atom. The number of carbonyl (C=O) groups is 1. The molecule has 1 aliphatic heterocycles. The number of likely N-dealkylation sites (tertiary alicyclic amines) is 1. The summed E-state index contributed by atoms with van der Waals surface area (Å²) in [6.07, 6.45) is 0.834. The molecule has 0 saturated carbocycles. The summed E-state index contributed by atoms with van der Waals surface area (Å²) in [6.45, 7) is 12.5. The van der Waals surface area contributed by atoms with E-state index in [4.69, 9.17) is 4.74 Å². The fourth-order valence-electron chi connectivity index (χ4n) is 2.89. The summed E-state index contributed by atoms with van der Waals surface area (Å²) in [7, 11) is 0. The molecule has 22 heavy (non-hydrogen) atoms. The minimum Gasteiger partial charge on any atom is -0.444 e. The Hall–Kier alpha value is -1.07. The topological polar surface area (TPSA) is 41.6 Å². The third-order valence-electron chi connectivity index (χ3n) is 3.84. The summed E-state index contributed by atoms with van der Waals surface area (Å²) in [5, 5.41) is 3.59. The largest absolute Gasteiger partial charge is 0.444 e. The number of amides is 1. The van der Waals surface area contributed by atoms with Crippen molar-refractivity contribution in [3.05, 3.63) is 21.9 Å². The Morgan fingerprint density at radius 1 is 1.50 bits per heavy atom. The summed E-state index contributed by atoms with van der Waals surface area (Å²) in [5.41, 5.74) is -0.429. The first kappa shape index (κ1) is 17.3. The Labute approximate surface area is 137 Å². The second kappa shape index (κ2) is 7.01. The van der Waals surface area contributed by atoms with Gasteiger partial charge in [-0.15, -0.1) is 11.3 Å². The molecule has 0 aliphatic carbocycles. The third kappa shape index (κ3) is 4.46. The Bertz CT molecular complexity index is 507. The van der Waals surface area contributed by atoms with E-state index >= 15 is 0 Å². The smallest absolute Gasteiger partial charge is 0.410 e. The monoisotopic (exact) mass is 324 g/mol. The molecule has 1 fully saturated rings. The van der Waals surface area contributed by atoms with Gasteiger partial charge in [-0.05, 0) is 58.7 Å². The number of thiophene rings is 1. The van der Waals surface area contributed by atoms with Crippen molar-refractivity contribution in [2.45, 2.75) is 52.7 Å². The highest BCUT2D eigenvalue weighted by Crippen LogP contribution is 2.34. The first-order chi connectivity index (χ1) is 10.3. The van der Waals surface area contributed by atoms with E-state index in [0.717, 1.165) is 26.1 Å². The number of hydrogen-bond donors (Lipinski definition) is 1. The molecule has 124 valence electrons. The van der Waals surface area contributed by atoms with Crippen LogP contribution in [0.15, 0.2) is 12.1 Å². The van der Waals surface area contributed by atoms with E-state index in [1.807, 2.05) is 37.0 Å². The van der Waals surface area contributed by atoms with Crippen molar-refractivity contribution in [1.82, 2.24) is 10.2 Å². The summed E-state index contributed by atoms with van der Waals surface area (Å²) < 4.78 is 5.49. The first-order valence-electron chi connectivity index (χ1n) is 8.08. The zero-order valence-corrected chi connectivity index (χ0v) is 15.1. The second-order valence-electron chi connectivity index (χ2n) is 6.96. The number of ether oxygens (including phenoxy) is 1. The van der Waals surface area contributed by atoms with E-state index < -0.39 is 5.60 Å². The average Bonchev–Trinajstić information content (AvgIpc) is 3.03. The maximum atomic E-state index is 12.2. The normalized spacial score (nSPS) is 20.2. The van der Waals surface area contributed by atoms with Gasteiger partial charge in [0.2, 0.25) is 0 Å². The molecule has 1 aromatic rings. The van der Waals surface area contributed by atoms with Crippen molar-refractivity contribution in [3.8, 4) is 0 Å². The first-order valence-corrected chi connectivity index (χ1v) is 8.89. The molecule has 2 unspecified atom stereocenters. The lowest BCUT2D eigenvalue weighted by Gasteiger charge is -2.26. The van der Waals surface area contributed by atoms with Crippen LogP contribution in [0.2, 0.25) is 0 Å². The van der Waals surface area contributed by atoms with Crippen molar-refractivity contribution < 1.29 is 9.53 Å². The van der Waals surface area contributed by atoms with Gasteiger partial charge in [0, 0.05) is 28.9 Å². The second-order valence-corrected chi connectivity index (χ2v) is 8.28. The quantitative estimate of drug-likeness (QED) is 0.911. The van der Waals surface area contributed by atoms with Crippen molar-refractivity contribution in [2.75, 3.05) is 19.6 Å². The van der Waals surface area contributed by atoms with E-state index in [9.17, 15) is 4.79 Å². The summed E-state index contributed by atoms with van der Waals surface area (Å²) in [4.78, 5) is 16.8. The molecule has 1 saturated heterocycles. The van der Waals surface area contributed by atoms with Crippen molar-refractivity contribution in [3.63, 3.8) is 0 Å². The van der Waals surface area contributed by atoms with Crippen molar-refractivity contribution in [1.29, 1.82) is 0 Å². The Morgan fingerprint density at radius 2 is 2.23 bits per heavy atom. The molecule has 4 nitrogen and oxygen atoms in total. The van der Waals surface area contributed by atoms with E-state index in [2.05, 4.69) is 31.3 Å². The minimum atomic E-state index is -0.429. The average molecular weight is 324 g/mol. The molecule has 5 heteroatoms. The van der Waals surface area contributed by atoms with Crippen LogP contribution in [0, 0.1) is 12.8 Å². The van der Waals surface area contributed by atoms with Gasteiger partial charge in [0.15, 0.2) is 0 Å². The predicted molar refractivity (Wildman–Crippen MR) is 91.4 cm³/mol. The van der Waals surface area contributed by atoms with Crippen LogP contribution in [0.25, 0.3) is 0 Å². The molecule has 1 amide bonds. The Kier molecular flexibility index (Phi) is 5.50. The molecule has 0 radical (unpaired) electrons. The maximum Gasteiger partial charge on any atom is 0.410 e. The molecule has 1 N–H and O–H groups in total. The van der Waals surface area contributed by atoms with Crippen LogP contribution in [-0.2, 0) is 4.74 Å². The summed E-state index contributed by atoms with van der Waals surface area (Å²) in [6, 6.07) is 4.71. The van der Waals surface area contributed by atoms with Crippen molar-refractivity contribution >= 4 is 17.4 Å². The number of hydrogen-bond acceptors (Lipinski definition) is 4. The highest BCUT2D eigenvalue weighted by molar-refractivity contribution is 7.12. The molecule has 0 aromatic carbocycles. The van der Waals surface area contributed by atoms with Crippen LogP contribution in [-0.4, -0.2) is 36.2 Å². The van der Waals surface area contributed by atoms with Gasteiger partial charge in [0.1, 0.15) is 5.60 Å². The number of aryl methyl sites for hydroxylation is 1. The lowest BCUT2D eigenvalue weighted by Crippen LogP contribution is -2.36. The van der Waals surface area contributed by atoms with Crippen LogP contribution in [0.1, 0.15) is 49.9 Å². The highest BCUT2D eigenvalue weighted by atomic mass is 32.1. The van der Waals surface area contributed by atoms with Crippen LogP contribution in [0.4, 0.5) is 4.79 Å². The molecule has 2 heterocycles. The SMILES string of the molecule is CCNC(c1ccc(C)s1)C1CCN(C(=O)OC(C)(C)C)C1. The van der Waals surface area contributed by atoms with Crippen LogP contribution in [0.3, 0.4) is 0 Å². The van der Waals surface area contributed by atoms with Crippen LogP contribution in [0.5, 0.6) is 0 Å². The fourth-order valence-corrected chi connectivity index (χ4v) is 3.94. The fraction of sp³-hybridized carbons (Fsp3) is 0.706. The van der Waals surface area contributed by atoms with Gasteiger partial charge >= 0.3 is 6.09 Å². The number of rotatable bonds is 4. The molecule has 2 rings (SSSR count). The third-order valence-corrected chi connectivity index (χ3v) is 4.92. The number of nitrogens with one attached hydrogen (secondary N) is 1. The summed E-state index contributed by atoms with van der Waals surface area (Å²) in [5.74, 6) is 0.450. The van der Waals surface area contributed by atoms with Gasteiger partial charge in [0.05, 0.1) is 0 Å². The highest BCUT2D eigenvalue weighted by Gasteiger charge is 2.34. The molecule has 2 atom stereocenters. The van der Waals surface area contributed by atoms with Gasteiger partial charge in [-0.1, -0.05) is 6.92 Å². The molecular formula is C17H28N2O2S. The molecule has 0 bridgehead atoms. The standard InChI is InChI=1S/C17H28N2O2S/c1-6-18-15(14-8-7-12(2)22-14)13-9-10-19(11-13)16(20)21-17(3,4)5/h7-8,13,15,18H,6,9-11H2,1-5H3. The van der Waals surface area contributed by atoms with E-state index in [1.54, 1.807) is 0 Å². The molecular weight excluding hydrogens is 296 g/mol. The maximum absolute atomic E-state index is 12.2. The lowest BCUT2D eigenvalue weighted by atomic mass is 9.97. The van der Waals surface area contributed by atoms with Gasteiger partial charge in [-0.3, -0.25) is 0 Å². The summed E-state index contributed by atoms with van der Waals surface area (Å²) >= 11 is 1.85. The Balaban J connectivity index is 2.02. The van der Waals surface area contributed by atoms with Crippen LogP contribution >= 0.6 is 11.3 Å². The van der Waals surface area contributed by atoms with Crippen LogP contribution < -0.4 is 5.32 Å². The number of nitrogens with zero attached hydrogens (tertiary/aromatic N) is 1. The molecule has 0 spiro atoms.